The number of rotatable bonds is 51. The third kappa shape index (κ3) is 39.1. The Bertz CT molecular complexity index is 3410. The van der Waals surface area contributed by atoms with E-state index in [2.05, 4.69) is 74.1 Å². The summed E-state index contributed by atoms with van der Waals surface area (Å²) < 4.78 is 0. The lowest BCUT2D eigenvalue weighted by atomic mass is 10.0. The molecule has 0 radical (unpaired) electrons. The van der Waals surface area contributed by atoms with Gasteiger partial charge in [0.2, 0.25) is 88.6 Å². The van der Waals surface area contributed by atoms with Crippen molar-refractivity contribution >= 4 is 124 Å². The zero-order chi connectivity index (χ0) is 82.1. The SMILES string of the molecule is CC(C)CC(NC(=O)[C@H](Cc1ccccc1)NC(=O)[C@H](CC(=O)O)NC(=O)CNC(=O)[C@H](CCC(=O)O)NC(=O)CNC(=O)[C@H](CO)NC(=O)[C@H](CC(=O)O)NC(=O)[C@H](C)N)C(=O)N[C@@H](C)C(=O)N[C@@H](CCC(=O)O)C(=O)NCC(=O)NCC(=O)NCC(=O)N[C@H](C(=O)N[C@@H](CCCN=C(N)N)C(=O)O)C(C)C. The normalized spacial score (nSPS) is 13.8. The smallest absolute Gasteiger partial charge is 0.326 e. The Balaban J connectivity index is 3.17. The van der Waals surface area contributed by atoms with Gasteiger partial charge < -0.3 is 128 Å². The number of guanidine groups is 1. The van der Waals surface area contributed by atoms with E-state index < -0.39 is 269 Å². The van der Waals surface area contributed by atoms with Gasteiger partial charge in [-0.25, -0.2) is 4.79 Å². The van der Waals surface area contributed by atoms with Crippen molar-refractivity contribution in [1.82, 2.24) is 79.8 Å². The van der Waals surface area contributed by atoms with Crippen molar-refractivity contribution in [2.45, 2.75) is 172 Å². The van der Waals surface area contributed by atoms with Crippen LogP contribution in [0.4, 0.5) is 0 Å². The van der Waals surface area contributed by atoms with Crippen LogP contribution in [-0.2, 0) is 102 Å². The Labute approximate surface area is 616 Å². The molecule has 0 aliphatic rings. The highest BCUT2D eigenvalue weighted by Gasteiger charge is 2.36. The first-order valence-electron chi connectivity index (χ1n) is 33.5. The van der Waals surface area contributed by atoms with Crippen molar-refractivity contribution in [3.63, 3.8) is 0 Å². The topological polar surface area (TPSA) is 734 Å². The summed E-state index contributed by atoms with van der Waals surface area (Å²) in [6, 6.07) is -9.82. The van der Waals surface area contributed by atoms with Gasteiger partial charge in [-0.1, -0.05) is 58.0 Å². The number of aliphatic hydroxyl groups is 1. The van der Waals surface area contributed by atoms with E-state index in [0.717, 1.165) is 6.92 Å². The third-order valence-corrected chi connectivity index (χ3v) is 14.8. The number of benzene rings is 1. The molecule has 1 rings (SSSR count). The standard InChI is InChI=1S/C63H97N19O26/c1-29(2)19-37(57(102)73-32(6)53(98)76-35(15-17-48(91)92)55(100)70-24-43(85)68-23-42(84)69-25-46(88)82-51(30(3)4)61(106)77-36(62(107)108)13-10-18-67-63(65)66)79-58(103)38(20-33-11-8-7-9-12-33)80-59(104)39(21-49(93)94)75-45(87)27-71-54(99)34(14-16-47(89)90)74-44(86)26-72-56(101)41(28-83)81-60(105)40(22-50(95)96)78-52(97)31(5)64/h7-9,11-12,29-32,34-41,51,83H,10,13-28,64H2,1-6H3,(H,68,85)(H,69,84)(H,70,100)(H,71,99)(H,72,101)(H,73,102)(H,74,86)(H,75,87)(H,76,98)(H,77,106)(H,78,97)(H,79,103)(H,80,104)(H,81,105)(H,82,88)(H,89,90)(H,91,92)(H,93,94)(H,95,96)(H,107,108)(H4,65,66,67)/t31-,32-,34-,35-,36-,37?,38-,39-,40-,41-,51-/m0/s1. The Morgan fingerprint density at radius 2 is 0.796 bits per heavy atom. The lowest BCUT2D eigenvalue weighted by molar-refractivity contribution is -0.143. The molecule has 0 heterocycles. The van der Waals surface area contributed by atoms with Crippen molar-refractivity contribution in [2.24, 2.45) is 34.0 Å². The monoisotopic (exact) mass is 1540 g/mol. The number of carboxylic acids is 5. The van der Waals surface area contributed by atoms with Crippen LogP contribution >= 0.6 is 0 Å². The van der Waals surface area contributed by atoms with Crippen LogP contribution in [0.3, 0.4) is 0 Å². The maximum atomic E-state index is 14.3. The number of hydrogen-bond acceptors (Lipinski definition) is 23. The largest absolute Gasteiger partial charge is 0.481 e. The van der Waals surface area contributed by atoms with Crippen LogP contribution in [0.1, 0.15) is 105 Å². The Morgan fingerprint density at radius 1 is 0.398 bits per heavy atom. The fourth-order valence-corrected chi connectivity index (χ4v) is 9.22. The number of carbonyl (C=O) groups excluding carboxylic acids is 15. The highest BCUT2D eigenvalue weighted by molar-refractivity contribution is 6.00. The quantitative estimate of drug-likeness (QED) is 0.0164. The number of carboxylic acid groups (broad SMARTS) is 5. The van der Waals surface area contributed by atoms with Crippen molar-refractivity contribution < 1.29 is 127 Å². The van der Waals surface area contributed by atoms with Crippen LogP contribution in [-0.4, -0.2) is 267 Å². The van der Waals surface area contributed by atoms with Crippen LogP contribution in [0.25, 0.3) is 0 Å². The molecule has 0 aliphatic carbocycles. The Hall–Kier alpha value is -12.2. The van der Waals surface area contributed by atoms with E-state index in [9.17, 15) is 127 Å². The maximum Gasteiger partial charge on any atom is 0.326 e. The molecule has 15 amide bonds. The predicted octanol–water partition coefficient (Wildman–Crippen LogP) is -10.5. The summed E-state index contributed by atoms with van der Waals surface area (Å²) in [6.45, 7) is 3.35. The molecular formula is C63H97N19O26. The lowest BCUT2D eigenvalue weighted by Crippen LogP contribution is -2.59. The van der Waals surface area contributed by atoms with Gasteiger partial charge in [0.25, 0.3) is 0 Å². The summed E-state index contributed by atoms with van der Waals surface area (Å²) in [7, 11) is 0. The van der Waals surface area contributed by atoms with Crippen LogP contribution in [0.2, 0.25) is 0 Å². The van der Waals surface area contributed by atoms with E-state index >= 15 is 0 Å². The third-order valence-electron chi connectivity index (χ3n) is 14.8. The van der Waals surface area contributed by atoms with Crippen molar-refractivity contribution in [2.75, 3.05) is 45.9 Å². The number of amides is 15. The molecule has 1 unspecified atom stereocenters. The predicted molar refractivity (Wildman–Crippen MR) is 371 cm³/mol. The van der Waals surface area contributed by atoms with E-state index in [4.69, 9.17) is 17.2 Å². The molecule has 11 atom stereocenters. The molecule has 108 heavy (non-hydrogen) atoms. The van der Waals surface area contributed by atoms with Gasteiger partial charge in [0, 0.05) is 25.8 Å². The minimum absolute atomic E-state index is 0.0559. The summed E-state index contributed by atoms with van der Waals surface area (Å²) in [6.07, 6.45) is -5.18. The fourth-order valence-electron chi connectivity index (χ4n) is 9.22. The van der Waals surface area contributed by atoms with E-state index in [0.29, 0.717) is 5.56 Å². The van der Waals surface area contributed by atoms with Gasteiger partial charge in [0.05, 0.1) is 58.2 Å². The Kier molecular flexibility index (Phi) is 42.4. The number of nitrogens with zero attached hydrogens (tertiary/aromatic N) is 1. The molecule has 0 spiro atoms. The van der Waals surface area contributed by atoms with Crippen molar-refractivity contribution in [1.29, 1.82) is 0 Å². The number of nitrogens with two attached hydrogens (primary N) is 3. The molecule has 0 saturated heterocycles. The van der Waals surface area contributed by atoms with Gasteiger partial charge >= 0.3 is 29.8 Å². The fraction of sp³-hybridized carbons (Fsp3) is 0.571. The summed E-state index contributed by atoms with van der Waals surface area (Å²) in [5, 5.41) is 90.4. The first-order chi connectivity index (χ1) is 50.5. The zero-order valence-electron chi connectivity index (χ0n) is 59.9. The molecule has 0 aliphatic heterocycles. The lowest BCUT2D eigenvalue weighted by Gasteiger charge is -2.27. The second-order valence-electron chi connectivity index (χ2n) is 25.0. The molecule has 0 saturated carbocycles. The summed E-state index contributed by atoms with van der Waals surface area (Å²) in [5.41, 5.74) is 16.4. The molecule has 45 nitrogen and oxygen atoms in total. The van der Waals surface area contributed by atoms with Gasteiger partial charge in [-0.05, 0) is 63.4 Å². The average molecular weight is 1540 g/mol. The number of carbonyl (C=O) groups is 20. The minimum Gasteiger partial charge on any atom is -0.481 e. The second-order valence-corrected chi connectivity index (χ2v) is 25.0. The van der Waals surface area contributed by atoms with Gasteiger partial charge in [0.1, 0.15) is 60.4 Å². The van der Waals surface area contributed by atoms with E-state index in [-0.39, 0.29) is 44.1 Å². The Morgan fingerprint density at radius 3 is 1.26 bits per heavy atom. The number of aliphatic carboxylic acids is 5. The van der Waals surface area contributed by atoms with E-state index in [1.807, 2.05) is 10.6 Å². The van der Waals surface area contributed by atoms with Crippen LogP contribution < -0.4 is 97.0 Å². The second kappa shape index (κ2) is 48.8. The molecule has 0 bridgehead atoms. The molecule has 0 aromatic heterocycles. The molecule has 1 aromatic carbocycles. The van der Waals surface area contributed by atoms with Gasteiger partial charge in [0.15, 0.2) is 5.96 Å². The van der Waals surface area contributed by atoms with E-state index in [1.165, 1.54) is 19.1 Å². The highest BCUT2D eigenvalue weighted by Crippen LogP contribution is 2.11. The zero-order valence-corrected chi connectivity index (χ0v) is 59.9. The number of aliphatic imine (C=N–C) groups is 1. The van der Waals surface area contributed by atoms with Gasteiger partial charge in [-0.15, -0.1) is 0 Å². The van der Waals surface area contributed by atoms with Gasteiger partial charge in [-0.3, -0.25) is 96.1 Å². The first-order valence-corrected chi connectivity index (χ1v) is 33.5. The summed E-state index contributed by atoms with van der Waals surface area (Å²) in [5.74, 6) is -24.9. The van der Waals surface area contributed by atoms with Crippen LogP contribution in [0.5, 0.6) is 0 Å². The van der Waals surface area contributed by atoms with Crippen molar-refractivity contribution in [3.05, 3.63) is 35.9 Å². The minimum atomic E-state index is -2.02. The average Bonchev–Trinajstić information content (AvgIpc) is 0.871. The van der Waals surface area contributed by atoms with Crippen LogP contribution in [0.15, 0.2) is 35.3 Å². The molecule has 600 valence electrons. The number of aliphatic hydroxyl groups excluding tert-OH is 1. The number of hydrogen-bond donors (Lipinski definition) is 24. The molecule has 1 aromatic rings. The summed E-state index contributed by atoms with van der Waals surface area (Å²) >= 11 is 0. The van der Waals surface area contributed by atoms with Gasteiger partial charge in [-0.2, -0.15) is 0 Å². The molecule has 45 heteroatoms. The molecule has 27 N–H and O–H groups in total. The highest BCUT2D eigenvalue weighted by atomic mass is 16.4. The van der Waals surface area contributed by atoms with Crippen LogP contribution in [0, 0.1) is 11.8 Å². The first kappa shape index (κ1) is 93.8. The maximum absolute atomic E-state index is 14.3. The molecular weight excluding hydrogens is 1440 g/mol. The molecule has 0 fully saturated rings. The number of nitrogens with one attached hydrogen (secondary N) is 15. The summed E-state index contributed by atoms with van der Waals surface area (Å²) in [4.78, 5) is 260. The van der Waals surface area contributed by atoms with Crippen molar-refractivity contribution in [3.8, 4) is 0 Å². The van der Waals surface area contributed by atoms with E-state index in [1.54, 1.807) is 45.9 Å².